The molecular weight excluding hydrogens is 271 g/mol. The number of hydrogen-bond donors (Lipinski definition) is 1. The highest BCUT2D eigenvalue weighted by molar-refractivity contribution is 5.21. The van der Waals surface area contributed by atoms with Crippen molar-refractivity contribution in [2.75, 3.05) is 13.1 Å². The third kappa shape index (κ3) is 3.56. The number of aliphatic hydroxyl groups is 1. The molecule has 1 aliphatic heterocycles. The van der Waals surface area contributed by atoms with E-state index in [-0.39, 0.29) is 11.9 Å². The fourth-order valence-electron chi connectivity index (χ4n) is 2.48. The van der Waals surface area contributed by atoms with E-state index in [0.29, 0.717) is 19.6 Å². The van der Waals surface area contributed by atoms with Crippen LogP contribution in [-0.4, -0.2) is 40.3 Å². The van der Waals surface area contributed by atoms with Crippen LogP contribution in [0.3, 0.4) is 0 Å². The van der Waals surface area contributed by atoms with E-state index in [4.69, 9.17) is 4.74 Å². The van der Waals surface area contributed by atoms with Crippen molar-refractivity contribution in [3.05, 3.63) is 60.2 Å². The number of ether oxygens (including phenoxy) is 1. The van der Waals surface area contributed by atoms with Crippen molar-refractivity contribution in [2.45, 2.75) is 18.8 Å². The van der Waals surface area contributed by atoms with Crippen LogP contribution < -0.4 is 4.74 Å². The molecule has 110 valence electrons. The first-order valence-corrected chi connectivity index (χ1v) is 6.93. The zero-order chi connectivity index (χ0) is 14.7. The quantitative estimate of drug-likeness (QED) is 0.932. The van der Waals surface area contributed by atoms with E-state index >= 15 is 0 Å². The summed E-state index contributed by atoms with van der Waals surface area (Å²) in [6.45, 7) is 1.72. The SMILES string of the molecule is O[C@@H]1CN(Cc2ccc(F)cn2)C[C@H]1Oc1ccccc1. The Bertz CT molecular complexity index is 577. The van der Waals surface area contributed by atoms with Gasteiger partial charge in [0.05, 0.1) is 11.9 Å². The average Bonchev–Trinajstić information content (AvgIpc) is 2.82. The Hall–Kier alpha value is -1.98. The lowest BCUT2D eigenvalue weighted by atomic mass is 10.2. The Labute approximate surface area is 122 Å². The summed E-state index contributed by atoms with van der Waals surface area (Å²) >= 11 is 0. The number of nitrogens with zero attached hydrogens (tertiary/aromatic N) is 2. The summed E-state index contributed by atoms with van der Waals surface area (Å²) in [4.78, 5) is 6.09. The Kier molecular flexibility index (Phi) is 4.13. The van der Waals surface area contributed by atoms with Crippen molar-refractivity contribution in [3.8, 4) is 5.75 Å². The van der Waals surface area contributed by atoms with Crippen LogP contribution in [0.4, 0.5) is 4.39 Å². The molecule has 5 heteroatoms. The third-order valence-corrected chi connectivity index (χ3v) is 3.52. The first-order chi connectivity index (χ1) is 10.2. The molecule has 1 N–H and O–H groups in total. The van der Waals surface area contributed by atoms with Crippen molar-refractivity contribution >= 4 is 0 Å². The number of hydrogen-bond acceptors (Lipinski definition) is 4. The van der Waals surface area contributed by atoms with Crippen LogP contribution in [0.15, 0.2) is 48.7 Å². The minimum Gasteiger partial charge on any atom is -0.486 e. The lowest BCUT2D eigenvalue weighted by molar-refractivity contribution is 0.0737. The van der Waals surface area contributed by atoms with Gasteiger partial charge in [-0.25, -0.2) is 4.39 Å². The molecule has 2 heterocycles. The van der Waals surface area contributed by atoms with Gasteiger partial charge in [0, 0.05) is 19.6 Å². The zero-order valence-corrected chi connectivity index (χ0v) is 11.5. The van der Waals surface area contributed by atoms with E-state index in [9.17, 15) is 9.50 Å². The number of aliphatic hydroxyl groups excluding tert-OH is 1. The fourth-order valence-corrected chi connectivity index (χ4v) is 2.48. The summed E-state index contributed by atoms with van der Waals surface area (Å²) in [7, 11) is 0. The first-order valence-electron chi connectivity index (χ1n) is 6.93. The van der Waals surface area contributed by atoms with Crippen molar-refractivity contribution in [1.29, 1.82) is 0 Å². The van der Waals surface area contributed by atoms with Gasteiger partial charge in [0.1, 0.15) is 23.8 Å². The van der Waals surface area contributed by atoms with Crippen LogP contribution in [-0.2, 0) is 6.54 Å². The molecule has 2 atom stereocenters. The Balaban J connectivity index is 1.59. The van der Waals surface area contributed by atoms with Gasteiger partial charge in [-0.3, -0.25) is 9.88 Å². The molecule has 21 heavy (non-hydrogen) atoms. The third-order valence-electron chi connectivity index (χ3n) is 3.52. The Morgan fingerprint density at radius 1 is 1.19 bits per heavy atom. The van der Waals surface area contributed by atoms with Crippen LogP contribution in [0.25, 0.3) is 0 Å². The number of pyridine rings is 1. The number of benzene rings is 1. The molecule has 0 radical (unpaired) electrons. The molecule has 1 aromatic heterocycles. The molecule has 1 fully saturated rings. The van der Waals surface area contributed by atoms with Crippen molar-refractivity contribution in [2.24, 2.45) is 0 Å². The van der Waals surface area contributed by atoms with Crippen LogP contribution in [0.1, 0.15) is 5.69 Å². The minimum atomic E-state index is -0.536. The van der Waals surface area contributed by atoms with Gasteiger partial charge < -0.3 is 9.84 Å². The van der Waals surface area contributed by atoms with Gasteiger partial charge >= 0.3 is 0 Å². The van der Waals surface area contributed by atoms with Gasteiger partial charge in [-0.2, -0.15) is 0 Å². The number of rotatable bonds is 4. The second kappa shape index (κ2) is 6.20. The highest BCUT2D eigenvalue weighted by Crippen LogP contribution is 2.19. The maximum absolute atomic E-state index is 12.8. The topological polar surface area (TPSA) is 45.6 Å². The predicted octanol–water partition coefficient (Wildman–Crippen LogP) is 1.84. The molecule has 2 aromatic rings. The summed E-state index contributed by atoms with van der Waals surface area (Å²) in [5.74, 6) is 0.411. The molecule has 4 nitrogen and oxygen atoms in total. The maximum Gasteiger partial charge on any atom is 0.141 e. The van der Waals surface area contributed by atoms with Gasteiger partial charge in [-0.05, 0) is 24.3 Å². The fraction of sp³-hybridized carbons (Fsp3) is 0.312. The van der Waals surface area contributed by atoms with Gasteiger partial charge in [0.15, 0.2) is 0 Å². The Morgan fingerprint density at radius 3 is 2.71 bits per heavy atom. The molecule has 1 saturated heterocycles. The molecule has 0 spiro atoms. The number of para-hydroxylation sites is 1. The second-order valence-corrected chi connectivity index (χ2v) is 5.20. The van der Waals surface area contributed by atoms with E-state index in [1.807, 2.05) is 30.3 Å². The minimum absolute atomic E-state index is 0.257. The summed E-state index contributed by atoms with van der Waals surface area (Å²) < 4.78 is 18.6. The van der Waals surface area contributed by atoms with Crippen molar-refractivity contribution in [3.63, 3.8) is 0 Å². The highest BCUT2D eigenvalue weighted by Gasteiger charge is 2.33. The summed E-state index contributed by atoms with van der Waals surface area (Å²) in [5.41, 5.74) is 0.781. The zero-order valence-electron chi connectivity index (χ0n) is 11.5. The molecule has 0 aliphatic carbocycles. The van der Waals surface area contributed by atoms with E-state index in [2.05, 4.69) is 9.88 Å². The number of aromatic nitrogens is 1. The molecule has 0 amide bonds. The largest absolute Gasteiger partial charge is 0.486 e. The van der Waals surface area contributed by atoms with Crippen LogP contribution >= 0.6 is 0 Å². The maximum atomic E-state index is 12.8. The normalized spacial score (nSPS) is 22.4. The van der Waals surface area contributed by atoms with Gasteiger partial charge in [0.2, 0.25) is 0 Å². The summed E-state index contributed by atoms with van der Waals surface area (Å²) in [6.07, 6.45) is 0.415. The number of β-amino-alcohol motifs (C(OH)–C–C–N with tert-alkyl or cyclic N) is 1. The van der Waals surface area contributed by atoms with E-state index in [1.54, 1.807) is 6.07 Å². The van der Waals surface area contributed by atoms with E-state index in [0.717, 1.165) is 11.4 Å². The molecule has 1 aromatic carbocycles. The standard InChI is InChI=1S/C16H17FN2O2/c17-12-6-7-13(18-8-12)9-19-10-15(20)16(11-19)21-14-4-2-1-3-5-14/h1-8,15-16,20H,9-11H2/t15-,16-/m1/s1. The molecule has 3 rings (SSSR count). The summed E-state index contributed by atoms with van der Waals surface area (Å²) in [5, 5.41) is 10.1. The highest BCUT2D eigenvalue weighted by atomic mass is 19.1. The number of halogens is 1. The molecule has 1 aliphatic rings. The first kappa shape index (κ1) is 14.0. The average molecular weight is 288 g/mol. The monoisotopic (exact) mass is 288 g/mol. The molecular formula is C16H17FN2O2. The molecule has 0 saturated carbocycles. The van der Waals surface area contributed by atoms with Crippen LogP contribution in [0.5, 0.6) is 5.75 Å². The Morgan fingerprint density at radius 2 is 2.00 bits per heavy atom. The van der Waals surface area contributed by atoms with E-state index in [1.165, 1.54) is 12.3 Å². The van der Waals surface area contributed by atoms with Gasteiger partial charge in [-0.1, -0.05) is 18.2 Å². The van der Waals surface area contributed by atoms with E-state index < -0.39 is 6.10 Å². The van der Waals surface area contributed by atoms with Crippen molar-refractivity contribution < 1.29 is 14.2 Å². The second-order valence-electron chi connectivity index (χ2n) is 5.20. The lowest BCUT2D eigenvalue weighted by Crippen LogP contribution is -2.29. The van der Waals surface area contributed by atoms with Crippen LogP contribution in [0.2, 0.25) is 0 Å². The molecule has 0 bridgehead atoms. The summed E-state index contributed by atoms with van der Waals surface area (Å²) in [6, 6.07) is 12.5. The van der Waals surface area contributed by atoms with Gasteiger partial charge in [-0.15, -0.1) is 0 Å². The smallest absolute Gasteiger partial charge is 0.141 e. The predicted molar refractivity (Wildman–Crippen MR) is 76.3 cm³/mol. The molecule has 0 unspecified atom stereocenters. The lowest BCUT2D eigenvalue weighted by Gasteiger charge is -2.17. The number of likely N-dealkylation sites (tertiary alicyclic amines) is 1. The van der Waals surface area contributed by atoms with Gasteiger partial charge in [0.25, 0.3) is 0 Å². The van der Waals surface area contributed by atoms with Crippen LogP contribution in [0, 0.1) is 5.82 Å². The van der Waals surface area contributed by atoms with Crippen molar-refractivity contribution in [1.82, 2.24) is 9.88 Å².